The van der Waals surface area contributed by atoms with Crippen molar-refractivity contribution in [3.05, 3.63) is 68.0 Å². The minimum Gasteiger partial charge on any atom is -0.390 e. The zero-order valence-electron chi connectivity index (χ0n) is 31.4. The highest BCUT2D eigenvalue weighted by Crippen LogP contribution is 2.52. The number of nitrogens with two attached hydrogens (primary N) is 2. The van der Waals surface area contributed by atoms with Crippen molar-refractivity contribution in [2.75, 3.05) is 31.3 Å². The number of aromatic amines is 1. The Bertz CT molecular complexity index is 2580. The lowest BCUT2D eigenvalue weighted by Crippen LogP contribution is -2.33. The van der Waals surface area contributed by atoms with E-state index >= 15 is 0 Å². The molecule has 0 aliphatic carbocycles. The summed E-state index contributed by atoms with van der Waals surface area (Å²) in [7, 11) is -15.4. The van der Waals surface area contributed by atoms with E-state index in [0.29, 0.717) is 0 Å². The number of ether oxygens (including phenoxy) is 3. The van der Waals surface area contributed by atoms with Gasteiger partial charge in [-0.3, -0.25) is 46.1 Å². The van der Waals surface area contributed by atoms with Crippen molar-refractivity contribution in [1.82, 2.24) is 38.6 Å². The monoisotopic (exact) mass is 924 g/mol. The van der Waals surface area contributed by atoms with Gasteiger partial charge in [-0.15, -0.1) is 0 Å². The fraction of sp³-hybridized carbons (Fsp3) is 0.552. The summed E-state index contributed by atoms with van der Waals surface area (Å²) >= 11 is 0. The third-order valence-corrected chi connectivity index (χ3v) is 12.1. The summed E-state index contributed by atoms with van der Waals surface area (Å²) in [6.07, 6.45) is -7.60. The third kappa shape index (κ3) is 10.6. The molecule has 0 bridgehead atoms. The molecule has 0 spiro atoms. The molecular weight excluding hydrogens is 885 g/mol. The molecule has 3 fully saturated rings. The van der Waals surface area contributed by atoms with E-state index < -0.39 is 116 Å². The average Bonchev–Trinajstić information content (AvgIpc) is 3.96. The Labute approximate surface area is 340 Å². The Morgan fingerprint density at radius 3 is 2.00 bits per heavy atom. The van der Waals surface area contributed by atoms with Crippen molar-refractivity contribution in [3.8, 4) is 0 Å². The standard InChI is InChI=1S/C29H39N10O19P3/c1-13-7-38(29(43)36-27(13)41)21-4-14(40)17(54-21)8-52-60(47,48)58-16-6-23(39-12-34-24-25(31)32-11-33-26(24)39)56-19(16)10-53-61(49,50)57-15-5-22(37-3-2-20(30)35-28(37)42)55-18(15)9-51-59(44,45)46/h2-3,7,11-12,14-19,21-23,40H,4-6,8-10H2,1H3,(H,47,48)(H,49,50)(H2,30,35,42)(H2,31,32,33)(H,36,41,43)(H2,44,45,46)/t14-,15-,16-,17+,18+,19+,21+,22+,23+/m0/s1. The quantitative estimate of drug-likeness (QED) is 0.0589. The number of nitrogens with zero attached hydrogens (tertiary/aromatic N) is 7. The molecule has 29 nitrogen and oxygen atoms in total. The first-order valence-corrected chi connectivity index (χ1v) is 22.4. The van der Waals surface area contributed by atoms with Crippen LogP contribution in [0, 0.1) is 6.92 Å². The Morgan fingerprint density at radius 2 is 1.38 bits per heavy atom. The summed E-state index contributed by atoms with van der Waals surface area (Å²) in [5.74, 6) is -0.0866. The molecule has 61 heavy (non-hydrogen) atoms. The second-order valence-electron chi connectivity index (χ2n) is 13.9. The number of fused-ring (bicyclic) bond motifs is 1. The van der Waals surface area contributed by atoms with Crippen LogP contribution in [0.2, 0.25) is 0 Å². The van der Waals surface area contributed by atoms with Gasteiger partial charge in [0.1, 0.15) is 66.9 Å². The summed E-state index contributed by atoms with van der Waals surface area (Å²) in [6.45, 7) is -0.992. The van der Waals surface area contributed by atoms with Crippen LogP contribution in [-0.2, 0) is 50.5 Å². The van der Waals surface area contributed by atoms with Crippen LogP contribution < -0.4 is 28.4 Å². The molecule has 0 saturated carbocycles. The molecule has 4 aromatic rings. The van der Waals surface area contributed by atoms with E-state index in [2.05, 4.69) is 29.4 Å². The molecular formula is C29H39N10O19P3. The third-order valence-electron chi connectivity index (χ3n) is 9.63. The zero-order chi connectivity index (χ0) is 44.0. The number of imidazole rings is 1. The summed E-state index contributed by atoms with van der Waals surface area (Å²) in [5, 5.41) is 10.6. The molecule has 4 aromatic heterocycles. The summed E-state index contributed by atoms with van der Waals surface area (Å²) in [5.41, 5.74) is 9.73. The molecule has 334 valence electrons. The van der Waals surface area contributed by atoms with Crippen molar-refractivity contribution in [2.24, 2.45) is 0 Å². The number of hydrogen-bond acceptors (Lipinski definition) is 21. The SMILES string of the molecule is Cc1cn([C@H]2C[C@H](O)[C@@H](COP(=O)(O)O[C@H]3C[C@H](n4cnc5c(N)ncnc54)O[C@@H]3COP(=O)(O)O[C@H]3C[C@H](n4ccc(N)nc4=O)O[C@@H]3COP(=O)(O)O)O2)c(=O)[nH]c1=O. The van der Waals surface area contributed by atoms with Gasteiger partial charge in [-0.05, 0) is 13.0 Å². The number of phosphoric ester groups is 3. The highest BCUT2D eigenvalue weighted by Gasteiger charge is 2.47. The smallest absolute Gasteiger partial charge is 0.390 e. The second-order valence-corrected chi connectivity index (χ2v) is 17.9. The van der Waals surface area contributed by atoms with Crippen molar-refractivity contribution < 1.29 is 75.2 Å². The van der Waals surface area contributed by atoms with E-state index in [-0.39, 0.29) is 47.6 Å². The molecule has 11 atom stereocenters. The molecule has 7 rings (SSSR count). The number of nitrogen functional groups attached to an aromatic ring is 2. The van der Waals surface area contributed by atoms with Gasteiger partial charge in [0.2, 0.25) is 0 Å². The van der Waals surface area contributed by atoms with E-state index in [1.807, 2.05) is 0 Å². The highest BCUT2D eigenvalue weighted by atomic mass is 31.2. The van der Waals surface area contributed by atoms with Crippen LogP contribution in [0.4, 0.5) is 11.6 Å². The first-order valence-electron chi connectivity index (χ1n) is 17.9. The zero-order valence-corrected chi connectivity index (χ0v) is 34.1. The summed E-state index contributed by atoms with van der Waals surface area (Å²) < 4.78 is 84.9. The molecule has 0 amide bonds. The minimum absolute atomic E-state index is 0.0281. The number of nitrogens with one attached hydrogen (secondary N) is 1. The number of H-pyrrole nitrogens is 1. The molecule has 3 aliphatic rings. The number of aliphatic hydroxyl groups is 1. The first-order chi connectivity index (χ1) is 28.6. The Balaban J connectivity index is 1.05. The normalized spacial score (nSPS) is 28.9. The van der Waals surface area contributed by atoms with Crippen molar-refractivity contribution in [2.45, 2.75) is 81.5 Å². The second kappa shape index (κ2) is 17.6. The van der Waals surface area contributed by atoms with Gasteiger partial charge in [-0.25, -0.2) is 38.2 Å². The lowest BCUT2D eigenvalue weighted by Gasteiger charge is -2.24. The molecule has 0 aromatic carbocycles. The van der Waals surface area contributed by atoms with E-state index in [9.17, 15) is 52.8 Å². The summed E-state index contributed by atoms with van der Waals surface area (Å²) in [4.78, 5) is 94.8. The van der Waals surface area contributed by atoms with Crippen LogP contribution in [-0.4, -0.2) is 120 Å². The van der Waals surface area contributed by atoms with Gasteiger partial charge >= 0.3 is 34.8 Å². The van der Waals surface area contributed by atoms with E-state index in [1.165, 1.54) is 36.3 Å². The van der Waals surface area contributed by atoms with Crippen molar-refractivity contribution in [3.63, 3.8) is 0 Å². The van der Waals surface area contributed by atoms with Crippen molar-refractivity contribution in [1.29, 1.82) is 0 Å². The number of rotatable bonds is 16. The number of aromatic nitrogens is 8. The lowest BCUT2D eigenvalue weighted by atomic mass is 10.2. The number of anilines is 2. The Hall–Kier alpha value is -4.12. The number of phosphoric acid groups is 3. The molecule has 32 heteroatoms. The molecule has 7 heterocycles. The van der Waals surface area contributed by atoms with Crippen LogP contribution in [0.25, 0.3) is 11.2 Å². The summed E-state index contributed by atoms with van der Waals surface area (Å²) in [6, 6.07) is 1.26. The van der Waals surface area contributed by atoms with Gasteiger partial charge in [0.05, 0.1) is 32.3 Å². The highest BCUT2D eigenvalue weighted by molar-refractivity contribution is 7.47. The molecule has 10 N–H and O–H groups in total. The van der Waals surface area contributed by atoms with Crippen molar-refractivity contribution >= 4 is 46.3 Å². The maximum absolute atomic E-state index is 13.4. The van der Waals surface area contributed by atoms with Crippen LogP contribution >= 0.6 is 23.5 Å². The Morgan fingerprint density at radius 1 is 0.803 bits per heavy atom. The van der Waals surface area contributed by atoms with Gasteiger partial charge in [0.25, 0.3) is 5.56 Å². The predicted octanol–water partition coefficient (Wildman–Crippen LogP) is -1.56. The molecule has 3 aliphatic heterocycles. The maximum Gasteiger partial charge on any atom is 0.472 e. The predicted molar refractivity (Wildman–Crippen MR) is 200 cm³/mol. The fourth-order valence-corrected chi connectivity index (χ4v) is 9.00. The van der Waals surface area contributed by atoms with Gasteiger partial charge in [0, 0.05) is 37.2 Å². The molecule has 3 saturated heterocycles. The van der Waals surface area contributed by atoms with Gasteiger partial charge in [-0.1, -0.05) is 0 Å². The molecule has 0 radical (unpaired) electrons. The van der Waals surface area contributed by atoms with Gasteiger partial charge in [0.15, 0.2) is 11.5 Å². The van der Waals surface area contributed by atoms with E-state index in [1.54, 1.807) is 0 Å². The van der Waals surface area contributed by atoms with Crippen LogP contribution in [0.5, 0.6) is 0 Å². The largest absolute Gasteiger partial charge is 0.472 e. The molecule has 2 unspecified atom stereocenters. The minimum atomic E-state index is -5.21. The van der Waals surface area contributed by atoms with Crippen LogP contribution in [0.3, 0.4) is 0 Å². The first kappa shape index (κ1) is 44.9. The number of aliphatic hydroxyl groups excluding tert-OH is 1. The van der Waals surface area contributed by atoms with Gasteiger partial charge in [-0.2, -0.15) is 4.98 Å². The fourth-order valence-electron chi connectivity index (χ4n) is 6.73. The van der Waals surface area contributed by atoms with Gasteiger partial charge < -0.3 is 50.4 Å². The van der Waals surface area contributed by atoms with E-state index in [0.717, 1.165) is 15.5 Å². The topological polar surface area (TPSA) is 412 Å². The van der Waals surface area contributed by atoms with Crippen LogP contribution in [0.1, 0.15) is 43.5 Å². The van der Waals surface area contributed by atoms with E-state index in [4.69, 9.17) is 43.8 Å². The number of aryl methyl sites for hydroxylation is 1. The maximum atomic E-state index is 13.4. The average molecular weight is 925 g/mol. The van der Waals surface area contributed by atoms with Crippen LogP contribution in [0.15, 0.2) is 45.5 Å². The lowest BCUT2D eigenvalue weighted by molar-refractivity contribution is -0.0607. The Kier molecular flexibility index (Phi) is 12.9. The number of hydrogen-bond donors (Lipinski definition) is 8.